The molecular weight excluding hydrogens is 239 g/mol. The molecule has 0 aliphatic rings. The number of carboxylic acid groups (broad SMARTS) is 1. The van der Waals surface area contributed by atoms with E-state index >= 15 is 0 Å². The van der Waals surface area contributed by atoms with Crippen molar-refractivity contribution < 1.29 is 14.3 Å². The first-order chi connectivity index (χ1) is 7.02. The summed E-state index contributed by atoms with van der Waals surface area (Å²) in [6.45, 7) is 1.68. The highest BCUT2D eigenvalue weighted by Crippen LogP contribution is 2.36. The maximum Gasteiger partial charge on any atom is 0.372 e. The summed E-state index contributed by atoms with van der Waals surface area (Å²) < 4.78 is 5.12. The summed E-state index contributed by atoms with van der Waals surface area (Å²) >= 11 is 11.7. The van der Waals surface area contributed by atoms with Gasteiger partial charge >= 0.3 is 5.97 Å². The number of carboxylic acids is 1. The predicted octanol–water partition coefficient (Wildman–Crippen LogP) is 3.75. The van der Waals surface area contributed by atoms with E-state index in [4.69, 9.17) is 32.7 Å². The molecule has 0 spiro atoms. The largest absolute Gasteiger partial charge is 0.475 e. The minimum absolute atomic E-state index is 0.171. The van der Waals surface area contributed by atoms with Gasteiger partial charge in [-0.15, -0.1) is 0 Å². The van der Waals surface area contributed by atoms with E-state index in [0.29, 0.717) is 21.6 Å². The quantitative estimate of drug-likeness (QED) is 0.832. The summed E-state index contributed by atoms with van der Waals surface area (Å²) in [5, 5.41) is 10.5. The van der Waals surface area contributed by atoms with Gasteiger partial charge in [-0.2, -0.15) is 0 Å². The molecule has 1 N–H and O–H groups in total. The molecule has 0 saturated carbocycles. The Morgan fingerprint density at radius 2 is 2.07 bits per heavy atom. The highest BCUT2D eigenvalue weighted by atomic mass is 35.5. The maximum absolute atomic E-state index is 10.9. The number of fused-ring (bicyclic) bond motifs is 1. The van der Waals surface area contributed by atoms with Gasteiger partial charge < -0.3 is 9.52 Å². The number of carbonyl (C=O) groups is 1. The summed E-state index contributed by atoms with van der Waals surface area (Å²) in [6, 6.07) is 3.30. The summed E-state index contributed by atoms with van der Waals surface area (Å²) in [5.74, 6) is -0.812. The lowest BCUT2D eigenvalue weighted by Gasteiger charge is -1.97. The number of aryl methyl sites for hydroxylation is 1. The number of hydrogen-bond acceptors (Lipinski definition) is 2. The van der Waals surface area contributed by atoms with E-state index in [1.165, 1.54) is 0 Å². The molecule has 78 valence electrons. The summed E-state index contributed by atoms with van der Waals surface area (Å²) in [4.78, 5) is 10.9. The number of halogens is 2. The summed E-state index contributed by atoms with van der Waals surface area (Å²) in [6.07, 6.45) is 0. The Hall–Kier alpha value is -1.19. The molecule has 2 rings (SSSR count). The van der Waals surface area contributed by atoms with Gasteiger partial charge in [0.15, 0.2) is 0 Å². The van der Waals surface area contributed by atoms with Crippen LogP contribution in [-0.2, 0) is 0 Å². The lowest BCUT2D eigenvalue weighted by molar-refractivity contribution is 0.0664. The molecule has 15 heavy (non-hydrogen) atoms. The number of furan rings is 1. The van der Waals surface area contributed by atoms with Crippen LogP contribution in [0.2, 0.25) is 10.0 Å². The van der Waals surface area contributed by atoms with Crippen molar-refractivity contribution >= 4 is 39.9 Å². The van der Waals surface area contributed by atoms with Crippen LogP contribution >= 0.6 is 23.2 Å². The fraction of sp³-hybridized carbons (Fsp3) is 0.100. The van der Waals surface area contributed by atoms with Crippen LogP contribution in [0.4, 0.5) is 0 Å². The number of rotatable bonds is 1. The first kappa shape index (κ1) is 10.3. The highest BCUT2D eigenvalue weighted by molar-refractivity contribution is 6.46. The SMILES string of the molecule is Cc1oc(C(=O)O)c2c(Cl)c(Cl)ccc12. The Morgan fingerprint density at radius 3 is 2.67 bits per heavy atom. The van der Waals surface area contributed by atoms with Gasteiger partial charge in [-0.25, -0.2) is 4.79 Å². The van der Waals surface area contributed by atoms with E-state index in [-0.39, 0.29) is 10.8 Å². The molecule has 0 saturated heterocycles. The van der Waals surface area contributed by atoms with E-state index in [0.717, 1.165) is 0 Å². The first-order valence-corrected chi connectivity index (χ1v) is 4.88. The van der Waals surface area contributed by atoms with Crippen LogP contribution in [0.5, 0.6) is 0 Å². The van der Waals surface area contributed by atoms with Crippen LogP contribution in [0.25, 0.3) is 10.8 Å². The molecule has 1 heterocycles. The van der Waals surface area contributed by atoms with Crippen molar-refractivity contribution in [3.8, 4) is 0 Å². The molecule has 0 aliphatic carbocycles. The van der Waals surface area contributed by atoms with E-state index in [2.05, 4.69) is 0 Å². The normalized spacial score (nSPS) is 10.9. The third-order valence-electron chi connectivity index (χ3n) is 2.15. The molecule has 3 nitrogen and oxygen atoms in total. The average Bonchev–Trinajstić information content (AvgIpc) is 2.50. The number of hydrogen-bond donors (Lipinski definition) is 1. The van der Waals surface area contributed by atoms with Gasteiger partial charge in [-0.05, 0) is 19.1 Å². The fourth-order valence-electron chi connectivity index (χ4n) is 1.48. The molecule has 1 aromatic carbocycles. The smallest absolute Gasteiger partial charge is 0.372 e. The van der Waals surface area contributed by atoms with Crippen LogP contribution in [-0.4, -0.2) is 11.1 Å². The molecular formula is C10H6Cl2O3. The van der Waals surface area contributed by atoms with Gasteiger partial charge in [0.2, 0.25) is 5.76 Å². The Morgan fingerprint density at radius 1 is 1.40 bits per heavy atom. The third kappa shape index (κ3) is 1.48. The van der Waals surface area contributed by atoms with Crippen LogP contribution < -0.4 is 0 Å². The van der Waals surface area contributed by atoms with Gasteiger partial charge in [-0.3, -0.25) is 0 Å². The van der Waals surface area contributed by atoms with E-state index in [1.807, 2.05) is 0 Å². The van der Waals surface area contributed by atoms with Crippen LogP contribution in [0.15, 0.2) is 16.5 Å². The molecule has 0 radical (unpaired) electrons. The van der Waals surface area contributed by atoms with Crippen LogP contribution in [0.3, 0.4) is 0 Å². The van der Waals surface area contributed by atoms with Gasteiger partial charge in [0, 0.05) is 5.39 Å². The molecule has 0 aliphatic heterocycles. The van der Waals surface area contributed by atoms with Crippen molar-refractivity contribution in [3.05, 3.63) is 33.7 Å². The van der Waals surface area contributed by atoms with Crippen molar-refractivity contribution in [2.75, 3.05) is 0 Å². The molecule has 0 fully saturated rings. The standard InChI is InChI=1S/C10H6Cl2O3/c1-4-5-2-3-6(11)8(12)7(5)9(15-4)10(13)14/h2-3H,1H3,(H,13,14). The molecule has 0 atom stereocenters. The topological polar surface area (TPSA) is 50.4 Å². The van der Waals surface area contributed by atoms with E-state index < -0.39 is 5.97 Å². The van der Waals surface area contributed by atoms with Gasteiger partial charge in [0.1, 0.15) is 5.76 Å². The van der Waals surface area contributed by atoms with Crippen LogP contribution in [0, 0.1) is 6.92 Å². The van der Waals surface area contributed by atoms with E-state index in [9.17, 15) is 4.79 Å². The Kier molecular flexibility index (Phi) is 2.37. The first-order valence-electron chi connectivity index (χ1n) is 4.12. The second kappa shape index (κ2) is 3.43. The lowest BCUT2D eigenvalue weighted by atomic mass is 10.1. The Labute approximate surface area is 95.2 Å². The molecule has 5 heteroatoms. The van der Waals surface area contributed by atoms with Crippen LogP contribution in [0.1, 0.15) is 16.3 Å². The third-order valence-corrected chi connectivity index (χ3v) is 2.95. The zero-order chi connectivity index (χ0) is 11.2. The van der Waals surface area contributed by atoms with Crippen molar-refractivity contribution in [3.63, 3.8) is 0 Å². The Bertz CT molecular complexity index is 557. The monoisotopic (exact) mass is 244 g/mol. The minimum Gasteiger partial charge on any atom is -0.475 e. The average molecular weight is 245 g/mol. The number of benzene rings is 1. The van der Waals surface area contributed by atoms with Crippen molar-refractivity contribution in [2.45, 2.75) is 6.92 Å². The van der Waals surface area contributed by atoms with Gasteiger partial charge in [0.25, 0.3) is 0 Å². The molecule has 0 amide bonds. The van der Waals surface area contributed by atoms with Crippen molar-refractivity contribution in [1.82, 2.24) is 0 Å². The Balaban J connectivity index is 2.95. The molecule has 1 aromatic heterocycles. The van der Waals surface area contributed by atoms with Crippen molar-refractivity contribution in [2.24, 2.45) is 0 Å². The zero-order valence-electron chi connectivity index (χ0n) is 7.67. The molecule has 2 aromatic rings. The van der Waals surface area contributed by atoms with Crippen molar-refractivity contribution in [1.29, 1.82) is 0 Å². The second-order valence-electron chi connectivity index (χ2n) is 3.08. The summed E-state index contributed by atoms with van der Waals surface area (Å²) in [7, 11) is 0. The minimum atomic E-state index is -1.16. The molecule has 0 bridgehead atoms. The summed E-state index contributed by atoms with van der Waals surface area (Å²) in [5.41, 5.74) is 0. The number of aromatic carboxylic acids is 1. The molecule has 0 unspecified atom stereocenters. The van der Waals surface area contributed by atoms with Gasteiger partial charge in [-0.1, -0.05) is 23.2 Å². The van der Waals surface area contributed by atoms with E-state index in [1.54, 1.807) is 19.1 Å². The predicted molar refractivity (Wildman–Crippen MR) is 57.9 cm³/mol. The lowest BCUT2D eigenvalue weighted by Crippen LogP contribution is -1.93. The fourth-order valence-corrected chi connectivity index (χ4v) is 1.88. The maximum atomic E-state index is 10.9. The highest BCUT2D eigenvalue weighted by Gasteiger charge is 2.20. The van der Waals surface area contributed by atoms with Gasteiger partial charge in [0.05, 0.1) is 15.4 Å². The zero-order valence-corrected chi connectivity index (χ0v) is 9.19. The second-order valence-corrected chi connectivity index (χ2v) is 3.86.